The van der Waals surface area contributed by atoms with E-state index in [-0.39, 0.29) is 35.1 Å². The summed E-state index contributed by atoms with van der Waals surface area (Å²) in [6, 6.07) is 10.8. The molecule has 3 heterocycles. The molecule has 1 atom stereocenters. The maximum Gasteiger partial charge on any atom is 0.300 e. The van der Waals surface area contributed by atoms with Crippen LogP contribution in [0.3, 0.4) is 0 Å². The Morgan fingerprint density at radius 3 is 2.54 bits per heavy atom. The number of halogens is 2. The SMILES string of the molecule is CC12CCC(=O)N1c1cc(F)c(F)cc1-c1nc(=O)c(-c3ccccc3)nn12. The Bertz CT molecular complexity index is 1210. The third-order valence-electron chi connectivity index (χ3n) is 5.38. The van der Waals surface area contributed by atoms with Crippen molar-refractivity contribution in [1.29, 1.82) is 0 Å². The Morgan fingerprint density at radius 1 is 1.07 bits per heavy atom. The molecule has 2 aromatic carbocycles. The molecule has 0 saturated carbocycles. The van der Waals surface area contributed by atoms with Crippen LogP contribution in [0.5, 0.6) is 0 Å². The molecule has 8 heteroatoms. The molecule has 2 aliphatic rings. The highest BCUT2D eigenvalue weighted by Gasteiger charge is 2.50. The second-order valence-corrected chi connectivity index (χ2v) is 7.10. The molecular weight excluding hydrogens is 366 g/mol. The second-order valence-electron chi connectivity index (χ2n) is 7.10. The topological polar surface area (TPSA) is 68.1 Å². The van der Waals surface area contributed by atoms with E-state index in [9.17, 15) is 18.4 Å². The quantitative estimate of drug-likeness (QED) is 0.651. The largest absolute Gasteiger partial charge is 0.300 e. The number of benzene rings is 2. The Hall–Kier alpha value is -3.42. The zero-order valence-corrected chi connectivity index (χ0v) is 14.8. The van der Waals surface area contributed by atoms with Gasteiger partial charge in [-0.3, -0.25) is 14.5 Å². The van der Waals surface area contributed by atoms with Crippen LogP contribution < -0.4 is 10.5 Å². The van der Waals surface area contributed by atoms with E-state index < -0.39 is 22.9 Å². The van der Waals surface area contributed by atoms with Gasteiger partial charge in [0.05, 0.1) is 5.69 Å². The summed E-state index contributed by atoms with van der Waals surface area (Å²) in [6.45, 7) is 1.78. The van der Waals surface area contributed by atoms with Gasteiger partial charge in [-0.1, -0.05) is 30.3 Å². The fourth-order valence-corrected chi connectivity index (χ4v) is 4.00. The first-order valence-electron chi connectivity index (χ1n) is 8.80. The van der Waals surface area contributed by atoms with E-state index in [4.69, 9.17) is 0 Å². The number of carbonyl (C=O) groups is 1. The van der Waals surface area contributed by atoms with Crippen molar-refractivity contribution in [3.8, 4) is 22.6 Å². The van der Waals surface area contributed by atoms with Crippen LogP contribution in [-0.2, 0) is 10.5 Å². The molecule has 0 spiro atoms. The second kappa shape index (κ2) is 5.54. The molecule has 0 bridgehead atoms. The van der Waals surface area contributed by atoms with Crippen LogP contribution >= 0.6 is 0 Å². The highest BCUT2D eigenvalue weighted by atomic mass is 19.2. The van der Waals surface area contributed by atoms with Gasteiger partial charge in [0.25, 0.3) is 5.56 Å². The molecule has 0 N–H and O–H groups in total. The third-order valence-corrected chi connectivity index (χ3v) is 5.38. The third kappa shape index (κ3) is 2.11. The number of hydrogen-bond donors (Lipinski definition) is 0. The van der Waals surface area contributed by atoms with Crippen molar-refractivity contribution in [3.05, 3.63) is 64.5 Å². The van der Waals surface area contributed by atoms with Gasteiger partial charge in [0.2, 0.25) is 5.91 Å². The highest BCUT2D eigenvalue weighted by Crippen LogP contribution is 2.48. The molecule has 1 unspecified atom stereocenters. The summed E-state index contributed by atoms with van der Waals surface area (Å²) < 4.78 is 29.4. The van der Waals surface area contributed by atoms with Gasteiger partial charge in [0.15, 0.2) is 23.2 Å². The van der Waals surface area contributed by atoms with Crippen LogP contribution in [0.2, 0.25) is 0 Å². The smallest absolute Gasteiger partial charge is 0.286 e. The first kappa shape index (κ1) is 16.7. The van der Waals surface area contributed by atoms with Gasteiger partial charge in [-0.25, -0.2) is 13.5 Å². The molecule has 1 saturated heterocycles. The highest BCUT2D eigenvalue weighted by molar-refractivity contribution is 6.01. The monoisotopic (exact) mass is 380 g/mol. The molecule has 140 valence electrons. The number of aromatic nitrogens is 3. The summed E-state index contributed by atoms with van der Waals surface area (Å²) in [5.74, 6) is -2.25. The first-order chi connectivity index (χ1) is 13.4. The van der Waals surface area contributed by atoms with Crippen molar-refractivity contribution in [2.24, 2.45) is 0 Å². The molecule has 2 aliphatic heterocycles. The van der Waals surface area contributed by atoms with Crippen LogP contribution in [0.4, 0.5) is 14.5 Å². The number of fused-ring (bicyclic) bond motifs is 6. The van der Waals surface area contributed by atoms with E-state index >= 15 is 0 Å². The lowest BCUT2D eigenvalue weighted by Crippen LogP contribution is -2.51. The minimum absolute atomic E-state index is 0.118. The Labute approximate surface area is 158 Å². The molecule has 5 rings (SSSR count). The molecule has 28 heavy (non-hydrogen) atoms. The zero-order chi connectivity index (χ0) is 19.6. The lowest BCUT2D eigenvalue weighted by molar-refractivity contribution is -0.117. The summed E-state index contributed by atoms with van der Waals surface area (Å²) in [4.78, 5) is 30.8. The van der Waals surface area contributed by atoms with Gasteiger partial charge in [0, 0.05) is 30.0 Å². The molecular formula is C20H14F2N4O2. The van der Waals surface area contributed by atoms with Gasteiger partial charge in [-0.2, -0.15) is 10.1 Å². The molecule has 6 nitrogen and oxygen atoms in total. The molecule has 1 amide bonds. The minimum Gasteiger partial charge on any atom is -0.286 e. The number of carbonyl (C=O) groups excluding carboxylic acids is 1. The van der Waals surface area contributed by atoms with Crippen LogP contribution in [0.25, 0.3) is 22.6 Å². The van der Waals surface area contributed by atoms with Crippen molar-refractivity contribution in [1.82, 2.24) is 14.8 Å². The average molecular weight is 380 g/mol. The van der Waals surface area contributed by atoms with Crippen molar-refractivity contribution >= 4 is 11.6 Å². The predicted octanol–water partition coefficient (Wildman–Crippen LogP) is 3.06. The van der Waals surface area contributed by atoms with Crippen LogP contribution in [0.15, 0.2) is 47.3 Å². The van der Waals surface area contributed by atoms with Gasteiger partial charge < -0.3 is 0 Å². The lowest BCUT2D eigenvalue weighted by atomic mass is 10.0. The predicted molar refractivity (Wildman–Crippen MR) is 97.4 cm³/mol. The van der Waals surface area contributed by atoms with E-state index in [1.54, 1.807) is 31.2 Å². The van der Waals surface area contributed by atoms with Crippen LogP contribution in [0, 0.1) is 11.6 Å². The van der Waals surface area contributed by atoms with E-state index in [1.807, 2.05) is 6.07 Å². The van der Waals surface area contributed by atoms with E-state index in [0.717, 1.165) is 12.1 Å². The first-order valence-corrected chi connectivity index (χ1v) is 8.80. The number of nitrogens with zero attached hydrogens (tertiary/aromatic N) is 4. The van der Waals surface area contributed by atoms with Crippen molar-refractivity contribution < 1.29 is 13.6 Å². The zero-order valence-electron chi connectivity index (χ0n) is 14.8. The molecule has 1 fully saturated rings. The molecule has 0 radical (unpaired) electrons. The summed E-state index contributed by atoms with van der Waals surface area (Å²) in [6.07, 6.45) is 0.631. The van der Waals surface area contributed by atoms with Gasteiger partial charge in [-0.05, 0) is 13.0 Å². The normalized spacial score (nSPS) is 20.0. The fraction of sp³-hybridized carbons (Fsp3) is 0.200. The molecule has 3 aromatic rings. The summed E-state index contributed by atoms with van der Waals surface area (Å²) >= 11 is 0. The Kier molecular flexibility index (Phi) is 3.31. The molecule has 0 aliphatic carbocycles. The van der Waals surface area contributed by atoms with Crippen molar-refractivity contribution in [2.45, 2.75) is 25.4 Å². The van der Waals surface area contributed by atoms with Crippen LogP contribution in [-0.4, -0.2) is 20.7 Å². The Morgan fingerprint density at radius 2 is 1.79 bits per heavy atom. The van der Waals surface area contributed by atoms with Gasteiger partial charge in [0.1, 0.15) is 5.66 Å². The molecule has 1 aromatic heterocycles. The van der Waals surface area contributed by atoms with Gasteiger partial charge >= 0.3 is 0 Å². The summed E-state index contributed by atoms with van der Waals surface area (Å²) in [5, 5.41) is 4.51. The summed E-state index contributed by atoms with van der Waals surface area (Å²) in [7, 11) is 0. The number of hydrogen-bond acceptors (Lipinski definition) is 4. The van der Waals surface area contributed by atoms with Crippen LogP contribution in [0.1, 0.15) is 19.8 Å². The van der Waals surface area contributed by atoms with Crippen molar-refractivity contribution in [3.63, 3.8) is 0 Å². The maximum atomic E-state index is 14.0. The summed E-state index contributed by atoms with van der Waals surface area (Å²) in [5.41, 5.74) is -0.453. The lowest BCUT2D eigenvalue weighted by Gasteiger charge is -2.42. The number of rotatable bonds is 1. The average Bonchev–Trinajstić information content (AvgIpc) is 2.99. The van der Waals surface area contributed by atoms with E-state index in [2.05, 4.69) is 10.1 Å². The van der Waals surface area contributed by atoms with E-state index in [0.29, 0.717) is 12.0 Å². The number of amides is 1. The van der Waals surface area contributed by atoms with E-state index in [1.165, 1.54) is 9.58 Å². The van der Waals surface area contributed by atoms with Crippen molar-refractivity contribution in [2.75, 3.05) is 4.90 Å². The van der Waals surface area contributed by atoms with Gasteiger partial charge in [-0.15, -0.1) is 0 Å². The standard InChI is InChI=1S/C20H14F2N4O2/c1-20-8-7-16(27)25(20)15-10-14(22)13(21)9-12(15)18-23-19(28)17(24-26(18)20)11-5-3-2-4-6-11/h2-6,9-10H,7-8H2,1H3. The number of anilines is 1. The minimum atomic E-state index is -1.08. The Balaban J connectivity index is 1.86. The maximum absolute atomic E-state index is 14.0. The fourth-order valence-electron chi connectivity index (χ4n) is 4.00.